The average Bonchev–Trinajstić information content (AvgIpc) is 3.28. The van der Waals surface area contributed by atoms with Crippen molar-refractivity contribution in [3.63, 3.8) is 0 Å². The summed E-state index contributed by atoms with van der Waals surface area (Å²) in [6, 6.07) is 16.6. The SMILES string of the molecule is CCCNC(c1ccc2c(c1)-c1ccccc1C2)C1CC1. The van der Waals surface area contributed by atoms with Gasteiger partial charge >= 0.3 is 0 Å². The Bertz CT molecular complexity index is 655. The molecule has 1 atom stereocenters. The van der Waals surface area contributed by atoms with Crippen molar-refractivity contribution < 1.29 is 0 Å². The molecular formula is C20H23N. The third-order valence-corrected chi connectivity index (χ3v) is 4.89. The maximum atomic E-state index is 3.76. The molecule has 21 heavy (non-hydrogen) atoms. The Balaban J connectivity index is 1.69. The van der Waals surface area contributed by atoms with Crippen molar-refractivity contribution in [3.8, 4) is 11.1 Å². The summed E-state index contributed by atoms with van der Waals surface area (Å²) in [5, 5.41) is 3.76. The summed E-state index contributed by atoms with van der Waals surface area (Å²) < 4.78 is 0. The molecule has 0 spiro atoms. The average molecular weight is 277 g/mol. The molecule has 0 aliphatic heterocycles. The second kappa shape index (κ2) is 5.31. The summed E-state index contributed by atoms with van der Waals surface area (Å²) in [6.07, 6.45) is 5.07. The lowest BCUT2D eigenvalue weighted by molar-refractivity contribution is 0.481. The van der Waals surface area contributed by atoms with E-state index in [0.717, 1.165) is 18.9 Å². The molecule has 1 N–H and O–H groups in total. The van der Waals surface area contributed by atoms with Gasteiger partial charge in [0.2, 0.25) is 0 Å². The summed E-state index contributed by atoms with van der Waals surface area (Å²) in [4.78, 5) is 0. The quantitative estimate of drug-likeness (QED) is 0.712. The first-order valence-corrected chi connectivity index (χ1v) is 8.31. The second-order valence-electron chi connectivity index (χ2n) is 6.52. The van der Waals surface area contributed by atoms with Crippen LogP contribution in [0.4, 0.5) is 0 Å². The molecule has 2 aromatic rings. The minimum absolute atomic E-state index is 0.558. The molecule has 2 aliphatic rings. The first kappa shape index (κ1) is 13.1. The number of rotatable bonds is 5. The van der Waals surface area contributed by atoms with E-state index in [9.17, 15) is 0 Å². The molecule has 0 radical (unpaired) electrons. The Morgan fingerprint density at radius 3 is 2.67 bits per heavy atom. The van der Waals surface area contributed by atoms with Gasteiger partial charge in [-0.05, 0) is 72.0 Å². The van der Waals surface area contributed by atoms with Gasteiger partial charge in [-0.1, -0.05) is 43.3 Å². The maximum absolute atomic E-state index is 3.76. The van der Waals surface area contributed by atoms with E-state index >= 15 is 0 Å². The van der Waals surface area contributed by atoms with Crippen LogP contribution >= 0.6 is 0 Å². The molecule has 0 bridgehead atoms. The smallest absolute Gasteiger partial charge is 0.0348 e. The Kier molecular flexibility index (Phi) is 3.31. The van der Waals surface area contributed by atoms with Crippen LogP contribution in [0.25, 0.3) is 11.1 Å². The van der Waals surface area contributed by atoms with Crippen LogP contribution in [-0.4, -0.2) is 6.54 Å². The van der Waals surface area contributed by atoms with Crippen molar-refractivity contribution in [1.82, 2.24) is 5.32 Å². The third-order valence-electron chi connectivity index (χ3n) is 4.89. The van der Waals surface area contributed by atoms with Crippen LogP contribution in [-0.2, 0) is 6.42 Å². The molecule has 0 aromatic heterocycles. The van der Waals surface area contributed by atoms with Gasteiger partial charge in [-0.3, -0.25) is 0 Å². The van der Waals surface area contributed by atoms with E-state index in [4.69, 9.17) is 0 Å². The predicted octanol–water partition coefficient (Wildman–Crippen LogP) is 4.71. The summed E-state index contributed by atoms with van der Waals surface area (Å²) >= 11 is 0. The topological polar surface area (TPSA) is 12.0 Å². The first-order valence-electron chi connectivity index (χ1n) is 8.31. The molecule has 0 amide bonds. The van der Waals surface area contributed by atoms with E-state index in [1.165, 1.54) is 47.1 Å². The van der Waals surface area contributed by atoms with E-state index in [1.54, 1.807) is 0 Å². The Morgan fingerprint density at radius 1 is 1.05 bits per heavy atom. The summed E-state index contributed by atoms with van der Waals surface area (Å²) in [6.45, 7) is 3.37. The highest BCUT2D eigenvalue weighted by atomic mass is 14.9. The highest BCUT2D eigenvalue weighted by molar-refractivity contribution is 5.77. The van der Waals surface area contributed by atoms with E-state index in [2.05, 4.69) is 54.7 Å². The van der Waals surface area contributed by atoms with E-state index in [1.807, 2.05) is 0 Å². The van der Waals surface area contributed by atoms with E-state index in [-0.39, 0.29) is 0 Å². The van der Waals surface area contributed by atoms with Gasteiger partial charge in [-0.25, -0.2) is 0 Å². The fraction of sp³-hybridized carbons (Fsp3) is 0.400. The third kappa shape index (κ3) is 2.40. The van der Waals surface area contributed by atoms with Crippen LogP contribution in [0.3, 0.4) is 0 Å². The molecule has 1 heteroatoms. The van der Waals surface area contributed by atoms with Crippen molar-refractivity contribution in [2.45, 2.75) is 38.6 Å². The zero-order chi connectivity index (χ0) is 14.2. The number of benzene rings is 2. The molecule has 4 rings (SSSR count). The fourth-order valence-corrected chi connectivity index (χ4v) is 3.62. The summed E-state index contributed by atoms with van der Waals surface area (Å²) in [5.41, 5.74) is 7.37. The van der Waals surface area contributed by atoms with Crippen LogP contribution in [0.1, 0.15) is 48.9 Å². The molecule has 2 aliphatic carbocycles. The maximum Gasteiger partial charge on any atom is 0.0348 e. The van der Waals surface area contributed by atoms with Crippen molar-refractivity contribution in [3.05, 3.63) is 59.2 Å². The Morgan fingerprint density at radius 2 is 1.86 bits per heavy atom. The minimum Gasteiger partial charge on any atom is -0.310 e. The highest BCUT2D eigenvalue weighted by Crippen LogP contribution is 2.43. The lowest BCUT2D eigenvalue weighted by atomic mass is 9.96. The number of hydrogen-bond donors (Lipinski definition) is 1. The monoisotopic (exact) mass is 277 g/mol. The molecule has 1 unspecified atom stereocenters. The van der Waals surface area contributed by atoms with Crippen molar-refractivity contribution in [2.75, 3.05) is 6.54 Å². The largest absolute Gasteiger partial charge is 0.310 e. The number of fused-ring (bicyclic) bond motifs is 3. The van der Waals surface area contributed by atoms with Crippen LogP contribution < -0.4 is 5.32 Å². The molecule has 0 saturated heterocycles. The van der Waals surface area contributed by atoms with Crippen LogP contribution in [0.2, 0.25) is 0 Å². The molecule has 1 saturated carbocycles. The highest BCUT2D eigenvalue weighted by Gasteiger charge is 2.32. The summed E-state index contributed by atoms with van der Waals surface area (Å²) in [5.74, 6) is 0.853. The van der Waals surface area contributed by atoms with Gasteiger partial charge in [0.1, 0.15) is 0 Å². The molecule has 1 nitrogen and oxygen atoms in total. The van der Waals surface area contributed by atoms with Gasteiger partial charge in [0.05, 0.1) is 0 Å². The molecule has 0 heterocycles. The van der Waals surface area contributed by atoms with E-state index in [0.29, 0.717) is 6.04 Å². The van der Waals surface area contributed by atoms with Gasteiger partial charge in [0.15, 0.2) is 0 Å². The standard InChI is InChI=1S/C20H23N/c1-2-11-21-20(14-7-8-14)17-10-9-16-12-15-5-3-4-6-18(15)19(16)13-17/h3-6,9-10,13-14,20-21H,2,7-8,11-12H2,1H3. The summed E-state index contributed by atoms with van der Waals surface area (Å²) in [7, 11) is 0. The molecule has 108 valence electrons. The predicted molar refractivity (Wildman–Crippen MR) is 88.4 cm³/mol. The van der Waals surface area contributed by atoms with Gasteiger partial charge in [-0.15, -0.1) is 0 Å². The molecular weight excluding hydrogens is 254 g/mol. The van der Waals surface area contributed by atoms with Crippen LogP contribution in [0.15, 0.2) is 42.5 Å². The first-order chi connectivity index (χ1) is 10.4. The zero-order valence-corrected chi connectivity index (χ0v) is 12.7. The lowest BCUT2D eigenvalue weighted by Crippen LogP contribution is -2.23. The number of nitrogens with one attached hydrogen (secondary N) is 1. The lowest BCUT2D eigenvalue weighted by Gasteiger charge is -2.19. The second-order valence-corrected chi connectivity index (χ2v) is 6.52. The zero-order valence-electron chi connectivity index (χ0n) is 12.7. The van der Waals surface area contributed by atoms with Gasteiger partial charge < -0.3 is 5.32 Å². The van der Waals surface area contributed by atoms with Gasteiger partial charge in [0, 0.05) is 6.04 Å². The van der Waals surface area contributed by atoms with Crippen LogP contribution in [0.5, 0.6) is 0 Å². The minimum atomic E-state index is 0.558. The molecule has 2 aromatic carbocycles. The van der Waals surface area contributed by atoms with Crippen molar-refractivity contribution in [2.24, 2.45) is 5.92 Å². The van der Waals surface area contributed by atoms with Crippen molar-refractivity contribution in [1.29, 1.82) is 0 Å². The van der Waals surface area contributed by atoms with Crippen LogP contribution in [0, 0.1) is 5.92 Å². The van der Waals surface area contributed by atoms with Gasteiger partial charge in [0.25, 0.3) is 0 Å². The normalized spacial score (nSPS) is 17.4. The van der Waals surface area contributed by atoms with E-state index < -0.39 is 0 Å². The molecule has 1 fully saturated rings. The van der Waals surface area contributed by atoms with Crippen molar-refractivity contribution >= 4 is 0 Å². The Hall–Kier alpha value is -1.60. The Labute approximate surface area is 127 Å². The fourth-order valence-electron chi connectivity index (χ4n) is 3.62. The number of hydrogen-bond acceptors (Lipinski definition) is 1. The van der Waals surface area contributed by atoms with Gasteiger partial charge in [-0.2, -0.15) is 0 Å².